The Hall–Kier alpha value is -2.70. The van der Waals surface area contributed by atoms with Gasteiger partial charge in [-0.1, -0.05) is 25.5 Å². The summed E-state index contributed by atoms with van der Waals surface area (Å²) in [6, 6.07) is 6.54. The number of hydrogen-bond acceptors (Lipinski definition) is 4. The molecule has 0 unspecified atom stereocenters. The first-order valence-electron chi connectivity index (χ1n) is 9.37. The van der Waals surface area contributed by atoms with Gasteiger partial charge in [-0.15, -0.1) is 0 Å². The van der Waals surface area contributed by atoms with Crippen LogP contribution in [0.5, 0.6) is 0 Å². The summed E-state index contributed by atoms with van der Waals surface area (Å²) >= 11 is 0. The van der Waals surface area contributed by atoms with Crippen LogP contribution in [0, 0.1) is 5.92 Å². The van der Waals surface area contributed by atoms with Crippen molar-refractivity contribution in [1.29, 1.82) is 0 Å². The van der Waals surface area contributed by atoms with Gasteiger partial charge < -0.3 is 10.4 Å². The summed E-state index contributed by atoms with van der Waals surface area (Å²) in [5.41, 5.74) is -0.573. The minimum Gasteiger partial charge on any atom is -0.480 e. The van der Waals surface area contributed by atoms with Gasteiger partial charge in [0.2, 0.25) is 5.91 Å². The molecule has 3 amide bonds. The van der Waals surface area contributed by atoms with Crippen molar-refractivity contribution < 1.29 is 24.3 Å². The molecule has 1 aromatic carbocycles. The zero-order valence-corrected chi connectivity index (χ0v) is 15.4. The first-order valence-corrected chi connectivity index (χ1v) is 9.37. The fraction of sp³-hybridized carbons (Fsp3) is 0.500. The molecular weight excluding hydrogens is 348 g/mol. The monoisotopic (exact) mass is 372 g/mol. The second kappa shape index (κ2) is 7.50. The summed E-state index contributed by atoms with van der Waals surface area (Å²) in [5.74, 6) is -1.82. The summed E-state index contributed by atoms with van der Waals surface area (Å²) < 4.78 is 0. The summed E-state index contributed by atoms with van der Waals surface area (Å²) in [6.07, 6.45) is 3.23. The minimum absolute atomic E-state index is 0.0640. The second-order valence-corrected chi connectivity index (χ2v) is 7.34. The van der Waals surface area contributed by atoms with E-state index in [-0.39, 0.29) is 13.0 Å². The highest BCUT2D eigenvalue weighted by molar-refractivity contribution is 6.21. The third-order valence-electron chi connectivity index (χ3n) is 5.76. The summed E-state index contributed by atoms with van der Waals surface area (Å²) in [4.78, 5) is 49.9. The first kappa shape index (κ1) is 19.1. The highest BCUT2D eigenvalue weighted by atomic mass is 16.4. The number of aliphatic carboxylic acids is 1. The fourth-order valence-corrected chi connectivity index (χ4v) is 3.96. The highest BCUT2D eigenvalue weighted by Gasteiger charge is 2.43. The highest BCUT2D eigenvalue weighted by Crippen LogP contribution is 2.34. The third-order valence-corrected chi connectivity index (χ3v) is 5.76. The van der Waals surface area contributed by atoms with Crippen molar-refractivity contribution in [2.75, 3.05) is 6.54 Å². The average molecular weight is 372 g/mol. The first-order chi connectivity index (χ1) is 12.9. The fourth-order valence-electron chi connectivity index (χ4n) is 3.96. The zero-order valence-electron chi connectivity index (χ0n) is 15.4. The van der Waals surface area contributed by atoms with Crippen LogP contribution < -0.4 is 5.32 Å². The number of nitrogens with zero attached hydrogens (tertiary/aromatic N) is 1. The Morgan fingerprint density at radius 2 is 1.70 bits per heavy atom. The Balaban J connectivity index is 1.60. The van der Waals surface area contributed by atoms with Crippen LogP contribution in [0.15, 0.2) is 24.3 Å². The Labute approximate surface area is 157 Å². The molecule has 1 heterocycles. The van der Waals surface area contributed by atoms with Crippen LogP contribution in [0.3, 0.4) is 0 Å². The van der Waals surface area contributed by atoms with E-state index < -0.39 is 29.2 Å². The van der Waals surface area contributed by atoms with Crippen LogP contribution in [0.25, 0.3) is 0 Å². The molecule has 1 aliphatic heterocycles. The van der Waals surface area contributed by atoms with Crippen molar-refractivity contribution in [3.8, 4) is 0 Å². The lowest BCUT2D eigenvalue weighted by molar-refractivity contribution is -0.149. The largest absolute Gasteiger partial charge is 0.480 e. The molecule has 1 aromatic rings. The van der Waals surface area contributed by atoms with E-state index in [1.807, 2.05) is 0 Å². The number of carbonyl (C=O) groups is 4. The molecule has 27 heavy (non-hydrogen) atoms. The Morgan fingerprint density at radius 1 is 1.15 bits per heavy atom. The molecule has 1 fully saturated rings. The number of amides is 3. The van der Waals surface area contributed by atoms with Crippen molar-refractivity contribution in [3.63, 3.8) is 0 Å². The molecule has 1 saturated carbocycles. The van der Waals surface area contributed by atoms with E-state index in [1.165, 1.54) is 0 Å². The number of imide groups is 1. The third kappa shape index (κ3) is 3.59. The van der Waals surface area contributed by atoms with Crippen LogP contribution in [-0.4, -0.2) is 45.8 Å². The maximum absolute atomic E-state index is 12.4. The van der Waals surface area contributed by atoms with Gasteiger partial charge in [0.15, 0.2) is 0 Å². The van der Waals surface area contributed by atoms with Gasteiger partial charge in [0.1, 0.15) is 5.54 Å². The van der Waals surface area contributed by atoms with Gasteiger partial charge in [0.25, 0.3) is 11.8 Å². The van der Waals surface area contributed by atoms with Crippen molar-refractivity contribution >= 4 is 23.7 Å². The maximum Gasteiger partial charge on any atom is 0.329 e. The quantitative estimate of drug-likeness (QED) is 0.745. The standard InChI is InChI=1S/C20H24N2O5/c1-2-13-7-10-20(11-8-13,19(26)27)21-16(23)9-12-22-17(24)14-5-3-4-6-15(14)18(22)25/h3-6,13H,2,7-12H2,1H3,(H,21,23)(H,26,27). The lowest BCUT2D eigenvalue weighted by atomic mass is 9.75. The molecule has 7 heteroatoms. The number of nitrogens with one attached hydrogen (secondary N) is 1. The van der Waals surface area contributed by atoms with Crippen LogP contribution in [0.4, 0.5) is 0 Å². The van der Waals surface area contributed by atoms with Gasteiger partial charge in [-0.25, -0.2) is 4.79 Å². The number of hydrogen-bond donors (Lipinski definition) is 2. The van der Waals surface area contributed by atoms with Gasteiger partial charge in [-0.05, 0) is 43.7 Å². The predicted octanol–water partition coefficient (Wildman–Crippen LogP) is 2.21. The van der Waals surface area contributed by atoms with Crippen molar-refractivity contribution in [2.24, 2.45) is 5.92 Å². The van der Waals surface area contributed by atoms with E-state index in [0.717, 1.165) is 24.2 Å². The summed E-state index contributed by atoms with van der Waals surface area (Å²) in [6.45, 7) is 2.02. The molecule has 0 aromatic heterocycles. The molecule has 0 atom stereocenters. The van der Waals surface area contributed by atoms with Gasteiger partial charge >= 0.3 is 5.97 Å². The van der Waals surface area contributed by atoms with Gasteiger partial charge in [-0.2, -0.15) is 0 Å². The van der Waals surface area contributed by atoms with Crippen molar-refractivity contribution in [3.05, 3.63) is 35.4 Å². The second-order valence-electron chi connectivity index (χ2n) is 7.34. The minimum atomic E-state index is -1.25. The van der Waals surface area contributed by atoms with Crippen molar-refractivity contribution in [1.82, 2.24) is 10.2 Å². The molecule has 1 aliphatic carbocycles. The normalized spacial score (nSPS) is 24.6. The zero-order chi connectivity index (χ0) is 19.6. The van der Waals surface area contributed by atoms with Crippen LogP contribution in [0.2, 0.25) is 0 Å². The molecule has 2 N–H and O–H groups in total. The van der Waals surface area contributed by atoms with E-state index in [1.54, 1.807) is 24.3 Å². The number of rotatable bonds is 6. The predicted molar refractivity (Wildman–Crippen MR) is 97.2 cm³/mol. The Morgan fingerprint density at radius 3 is 2.19 bits per heavy atom. The molecule has 7 nitrogen and oxygen atoms in total. The van der Waals surface area contributed by atoms with E-state index in [2.05, 4.69) is 12.2 Å². The van der Waals surface area contributed by atoms with Crippen LogP contribution in [-0.2, 0) is 9.59 Å². The molecule has 144 valence electrons. The number of carboxylic acids is 1. The van der Waals surface area contributed by atoms with Gasteiger partial charge in [0, 0.05) is 13.0 Å². The summed E-state index contributed by atoms with van der Waals surface area (Å²) in [5, 5.41) is 12.3. The lowest BCUT2D eigenvalue weighted by Gasteiger charge is -2.37. The number of carboxylic acid groups (broad SMARTS) is 1. The summed E-state index contributed by atoms with van der Waals surface area (Å²) in [7, 11) is 0. The van der Waals surface area contributed by atoms with Gasteiger partial charge in [-0.3, -0.25) is 19.3 Å². The smallest absolute Gasteiger partial charge is 0.329 e. The number of carbonyl (C=O) groups excluding carboxylic acids is 3. The SMILES string of the molecule is CCC1CCC(NC(=O)CCN2C(=O)c3ccccc3C2=O)(C(=O)O)CC1. The van der Waals surface area contributed by atoms with Gasteiger partial charge in [0.05, 0.1) is 11.1 Å². The van der Waals surface area contributed by atoms with E-state index >= 15 is 0 Å². The molecule has 0 bridgehead atoms. The molecule has 2 aliphatic rings. The van der Waals surface area contributed by atoms with Crippen LogP contribution in [0.1, 0.15) is 66.2 Å². The molecular formula is C20H24N2O5. The number of fused-ring (bicyclic) bond motifs is 1. The maximum atomic E-state index is 12.4. The topological polar surface area (TPSA) is 104 Å². The lowest BCUT2D eigenvalue weighted by Crippen LogP contribution is -2.56. The average Bonchev–Trinajstić information content (AvgIpc) is 2.91. The molecule has 0 saturated heterocycles. The van der Waals surface area contributed by atoms with Crippen LogP contribution >= 0.6 is 0 Å². The Kier molecular flexibility index (Phi) is 5.30. The number of benzene rings is 1. The van der Waals surface area contributed by atoms with E-state index in [4.69, 9.17) is 0 Å². The molecule has 0 radical (unpaired) electrons. The molecule has 3 rings (SSSR count). The van der Waals surface area contributed by atoms with Crippen molar-refractivity contribution in [2.45, 2.75) is 51.0 Å². The Bertz CT molecular complexity index is 745. The molecule has 0 spiro atoms. The van der Waals surface area contributed by atoms with E-state index in [0.29, 0.717) is 29.9 Å². The van der Waals surface area contributed by atoms with E-state index in [9.17, 15) is 24.3 Å².